The molecule has 0 aromatic heterocycles. The van der Waals surface area contributed by atoms with Crippen LogP contribution in [0.1, 0.15) is 33.6 Å². The van der Waals surface area contributed by atoms with E-state index in [0.717, 1.165) is 19.4 Å². The molecule has 0 spiro atoms. The van der Waals surface area contributed by atoms with Crippen molar-refractivity contribution in [2.24, 2.45) is 5.92 Å². The lowest BCUT2D eigenvalue weighted by Crippen LogP contribution is -2.42. The van der Waals surface area contributed by atoms with Gasteiger partial charge in [-0.05, 0) is 33.6 Å². The molecule has 0 N–H and O–H groups in total. The summed E-state index contributed by atoms with van der Waals surface area (Å²) in [6.45, 7) is 7.20. The molecule has 0 aromatic carbocycles. The molecule has 1 unspecified atom stereocenters. The fourth-order valence-electron chi connectivity index (χ4n) is 1.68. The smallest absolute Gasteiger partial charge is 0.248 e. The third-order valence-corrected chi connectivity index (χ3v) is 2.59. The first kappa shape index (κ1) is 13.0. The Morgan fingerprint density at radius 2 is 2.25 bits per heavy atom. The van der Waals surface area contributed by atoms with Crippen LogP contribution in [-0.2, 0) is 9.53 Å². The fraction of sp³-hybridized carbons (Fsp3) is 0.833. The van der Waals surface area contributed by atoms with Gasteiger partial charge in [0.25, 0.3) is 0 Å². The van der Waals surface area contributed by atoms with Gasteiger partial charge in [-0.25, -0.2) is 0 Å². The maximum atomic E-state index is 11.8. The van der Waals surface area contributed by atoms with Gasteiger partial charge in [0.1, 0.15) is 6.61 Å². The molecule has 0 bridgehead atoms. The quantitative estimate of drug-likeness (QED) is 0.715. The van der Waals surface area contributed by atoms with Crippen molar-refractivity contribution >= 4 is 5.91 Å². The maximum Gasteiger partial charge on any atom is 0.248 e. The lowest BCUT2D eigenvalue weighted by atomic mass is 10.00. The molecule has 0 aromatic rings. The van der Waals surface area contributed by atoms with Crippen LogP contribution in [0.15, 0.2) is 0 Å². The molecule has 16 heavy (non-hydrogen) atoms. The Balaban J connectivity index is 2.39. The zero-order chi connectivity index (χ0) is 12.2. The average Bonchev–Trinajstić information content (AvgIpc) is 2.25. The van der Waals surface area contributed by atoms with E-state index in [0.29, 0.717) is 6.54 Å². The lowest BCUT2D eigenvalue weighted by molar-refractivity contribution is -0.142. The number of nitrogens with zero attached hydrogens (tertiary/aromatic N) is 2. The van der Waals surface area contributed by atoms with E-state index in [1.807, 2.05) is 20.8 Å². The molecule has 1 heterocycles. The van der Waals surface area contributed by atoms with Gasteiger partial charge in [-0.2, -0.15) is 5.26 Å². The van der Waals surface area contributed by atoms with Gasteiger partial charge in [0, 0.05) is 13.1 Å². The summed E-state index contributed by atoms with van der Waals surface area (Å²) in [5, 5.41) is 8.83. The molecule has 1 saturated heterocycles. The predicted octanol–water partition coefficient (Wildman–Crippen LogP) is 1.56. The average molecular weight is 224 g/mol. The summed E-state index contributed by atoms with van der Waals surface area (Å²) in [7, 11) is 0. The van der Waals surface area contributed by atoms with Crippen molar-refractivity contribution in [1.29, 1.82) is 5.26 Å². The van der Waals surface area contributed by atoms with Crippen molar-refractivity contribution < 1.29 is 9.53 Å². The van der Waals surface area contributed by atoms with E-state index >= 15 is 0 Å². The van der Waals surface area contributed by atoms with Crippen LogP contribution in [0, 0.1) is 17.2 Å². The van der Waals surface area contributed by atoms with E-state index in [9.17, 15) is 4.79 Å². The Kier molecular flexibility index (Phi) is 4.31. The highest BCUT2D eigenvalue weighted by atomic mass is 16.5. The number of piperidine rings is 1. The second-order valence-corrected chi connectivity index (χ2v) is 5.21. The molecule has 1 fully saturated rings. The topological polar surface area (TPSA) is 53.3 Å². The molecular weight excluding hydrogens is 204 g/mol. The number of likely N-dealkylation sites (tertiary alicyclic amines) is 1. The Labute approximate surface area is 97.2 Å². The maximum absolute atomic E-state index is 11.8. The van der Waals surface area contributed by atoms with Gasteiger partial charge in [0.05, 0.1) is 17.6 Å². The summed E-state index contributed by atoms with van der Waals surface area (Å²) in [4.78, 5) is 13.5. The van der Waals surface area contributed by atoms with E-state index in [1.165, 1.54) is 0 Å². The Bertz CT molecular complexity index is 288. The van der Waals surface area contributed by atoms with Crippen LogP contribution < -0.4 is 0 Å². The zero-order valence-corrected chi connectivity index (χ0v) is 10.3. The summed E-state index contributed by atoms with van der Waals surface area (Å²) in [6, 6.07) is 2.23. The second kappa shape index (κ2) is 5.31. The minimum atomic E-state index is -0.292. The van der Waals surface area contributed by atoms with Crippen molar-refractivity contribution in [2.45, 2.75) is 39.2 Å². The van der Waals surface area contributed by atoms with Crippen molar-refractivity contribution in [2.75, 3.05) is 19.7 Å². The third-order valence-electron chi connectivity index (χ3n) is 2.59. The molecule has 1 aliphatic rings. The van der Waals surface area contributed by atoms with Gasteiger partial charge < -0.3 is 9.64 Å². The Morgan fingerprint density at radius 3 is 2.81 bits per heavy atom. The van der Waals surface area contributed by atoms with Gasteiger partial charge in [-0.3, -0.25) is 4.79 Å². The standard InChI is InChI=1S/C12H20N2O2/c1-12(2,3)16-9-11(15)14-6-4-5-10(7-13)8-14/h10H,4-6,8-9H2,1-3H3. The molecule has 1 aliphatic heterocycles. The minimum Gasteiger partial charge on any atom is -0.366 e. The third kappa shape index (κ3) is 4.19. The molecule has 4 nitrogen and oxygen atoms in total. The van der Waals surface area contributed by atoms with Crippen LogP contribution in [-0.4, -0.2) is 36.1 Å². The van der Waals surface area contributed by atoms with Gasteiger partial charge in [-0.15, -0.1) is 0 Å². The minimum absolute atomic E-state index is 0.00475. The summed E-state index contributed by atoms with van der Waals surface area (Å²) >= 11 is 0. The first-order valence-electron chi connectivity index (χ1n) is 5.74. The number of amides is 1. The van der Waals surface area contributed by atoms with E-state index < -0.39 is 0 Å². The lowest BCUT2D eigenvalue weighted by Gasteiger charge is -2.30. The van der Waals surface area contributed by atoms with Crippen LogP contribution >= 0.6 is 0 Å². The summed E-state index contributed by atoms with van der Waals surface area (Å²) < 4.78 is 5.44. The fourth-order valence-corrected chi connectivity index (χ4v) is 1.68. The number of carbonyl (C=O) groups is 1. The van der Waals surface area contributed by atoms with Gasteiger partial charge in [-0.1, -0.05) is 0 Å². The number of rotatable bonds is 2. The van der Waals surface area contributed by atoms with Crippen molar-refractivity contribution in [3.63, 3.8) is 0 Å². The predicted molar refractivity (Wildman–Crippen MR) is 60.6 cm³/mol. The van der Waals surface area contributed by atoms with Crippen LogP contribution in [0.3, 0.4) is 0 Å². The van der Waals surface area contributed by atoms with E-state index in [4.69, 9.17) is 10.00 Å². The Morgan fingerprint density at radius 1 is 1.56 bits per heavy atom. The highest BCUT2D eigenvalue weighted by Gasteiger charge is 2.24. The van der Waals surface area contributed by atoms with Crippen LogP contribution in [0.25, 0.3) is 0 Å². The summed E-state index contributed by atoms with van der Waals surface area (Å²) in [6.07, 6.45) is 1.82. The number of hydrogen-bond acceptors (Lipinski definition) is 3. The molecule has 1 rings (SSSR count). The van der Waals surface area contributed by atoms with Crippen LogP contribution in [0.2, 0.25) is 0 Å². The van der Waals surface area contributed by atoms with Gasteiger partial charge >= 0.3 is 0 Å². The zero-order valence-electron chi connectivity index (χ0n) is 10.3. The highest BCUT2D eigenvalue weighted by molar-refractivity contribution is 5.77. The first-order valence-corrected chi connectivity index (χ1v) is 5.74. The highest BCUT2D eigenvalue weighted by Crippen LogP contribution is 2.16. The molecule has 90 valence electrons. The summed E-state index contributed by atoms with van der Waals surface area (Å²) in [5.41, 5.74) is -0.292. The largest absolute Gasteiger partial charge is 0.366 e. The molecule has 4 heteroatoms. The molecule has 0 radical (unpaired) electrons. The van der Waals surface area contributed by atoms with Crippen molar-refractivity contribution in [3.8, 4) is 6.07 Å². The molecule has 1 atom stereocenters. The molecule has 0 aliphatic carbocycles. The van der Waals surface area contributed by atoms with E-state index in [1.54, 1.807) is 4.90 Å². The molecule has 0 saturated carbocycles. The summed E-state index contributed by atoms with van der Waals surface area (Å²) in [5.74, 6) is -0.0118. The monoisotopic (exact) mass is 224 g/mol. The molecular formula is C12H20N2O2. The van der Waals surface area contributed by atoms with Gasteiger partial charge in [0.2, 0.25) is 5.91 Å². The molecule has 1 amide bonds. The Hall–Kier alpha value is -1.08. The van der Waals surface area contributed by atoms with Crippen LogP contribution in [0.5, 0.6) is 0 Å². The number of nitriles is 1. The van der Waals surface area contributed by atoms with Crippen LogP contribution in [0.4, 0.5) is 0 Å². The number of hydrogen-bond donors (Lipinski definition) is 0. The first-order chi connectivity index (χ1) is 7.42. The number of carbonyl (C=O) groups excluding carboxylic acids is 1. The SMILES string of the molecule is CC(C)(C)OCC(=O)N1CCCC(C#N)C1. The van der Waals surface area contributed by atoms with Gasteiger partial charge in [0.15, 0.2) is 0 Å². The normalized spacial score (nSPS) is 21.6. The van der Waals surface area contributed by atoms with Crippen molar-refractivity contribution in [3.05, 3.63) is 0 Å². The van der Waals surface area contributed by atoms with E-state index in [-0.39, 0.29) is 24.0 Å². The second-order valence-electron chi connectivity index (χ2n) is 5.21. The number of ether oxygens (including phenoxy) is 1. The van der Waals surface area contributed by atoms with Crippen molar-refractivity contribution in [1.82, 2.24) is 4.90 Å². The van der Waals surface area contributed by atoms with E-state index in [2.05, 4.69) is 6.07 Å².